The minimum absolute atomic E-state index is 0.0557. The Kier molecular flexibility index (Phi) is 6.47. The molecular formula is C41H28BF3N2S. The summed E-state index contributed by atoms with van der Waals surface area (Å²) in [5.41, 5.74) is 6.33. The smallest absolute Gasteiger partial charge is 0.311 e. The summed E-state index contributed by atoms with van der Waals surface area (Å²) in [5.74, 6) is 0. The second-order valence-corrected chi connectivity index (χ2v) is 13.8. The lowest BCUT2D eigenvalue weighted by Gasteiger charge is -2.45. The summed E-state index contributed by atoms with van der Waals surface area (Å²) in [5, 5.41) is 4.27. The van der Waals surface area contributed by atoms with Gasteiger partial charge in [-0.3, -0.25) is 0 Å². The van der Waals surface area contributed by atoms with Crippen LogP contribution in [0, 0.1) is 13.8 Å². The Morgan fingerprint density at radius 2 is 0.979 bits per heavy atom. The fourth-order valence-corrected chi connectivity index (χ4v) is 8.22. The van der Waals surface area contributed by atoms with Crippen LogP contribution in [0.3, 0.4) is 0 Å². The molecule has 0 spiro atoms. The van der Waals surface area contributed by atoms with Crippen LogP contribution in [0.1, 0.15) is 11.1 Å². The highest BCUT2D eigenvalue weighted by molar-refractivity contribution is 8.00. The summed E-state index contributed by atoms with van der Waals surface area (Å²) >= 11 is -0.0557. The highest BCUT2D eigenvalue weighted by Crippen LogP contribution is 2.50. The Morgan fingerprint density at radius 1 is 0.542 bits per heavy atom. The van der Waals surface area contributed by atoms with E-state index in [1.165, 1.54) is 0 Å². The summed E-state index contributed by atoms with van der Waals surface area (Å²) in [6.07, 6.45) is 0. The Hall–Kier alpha value is -5.14. The zero-order chi connectivity index (χ0) is 32.7. The Bertz CT molecular complexity index is 2250. The zero-order valence-electron chi connectivity index (χ0n) is 26.2. The standard InChI is InChI=1S/C41H28BF3N2S/c1-25-11-17-29(18-12-25)46-36-23-31(48-41(43,44)45)24-37-38(36)42(34-21-15-27-7-3-5-9-32(27)39(34)46)35-22-16-28-8-4-6-10-33(28)40(35)47(37)30-19-13-26(2)14-20-30/h3-24H,1-2H3. The molecule has 2 aliphatic rings. The van der Waals surface area contributed by atoms with E-state index in [4.69, 9.17) is 0 Å². The zero-order valence-corrected chi connectivity index (χ0v) is 27.0. The molecule has 0 aromatic heterocycles. The molecule has 0 bridgehead atoms. The van der Waals surface area contributed by atoms with Crippen molar-refractivity contribution in [3.63, 3.8) is 0 Å². The van der Waals surface area contributed by atoms with Gasteiger partial charge in [-0.1, -0.05) is 108 Å². The molecule has 0 aliphatic carbocycles. The monoisotopic (exact) mass is 648 g/mol. The molecule has 0 N–H and O–H groups in total. The summed E-state index contributed by atoms with van der Waals surface area (Å²) in [7, 11) is 0. The molecule has 0 saturated heterocycles. The maximum Gasteiger partial charge on any atom is 0.446 e. The number of hydrogen-bond acceptors (Lipinski definition) is 3. The van der Waals surface area contributed by atoms with Gasteiger partial charge in [0.05, 0.1) is 0 Å². The number of aryl methyl sites for hydroxylation is 2. The molecule has 0 amide bonds. The second-order valence-electron chi connectivity index (χ2n) is 12.6. The van der Waals surface area contributed by atoms with Crippen molar-refractivity contribution in [2.75, 3.05) is 9.80 Å². The van der Waals surface area contributed by atoms with Gasteiger partial charge >= 0.3 is 5.51 Å². The van der Waals surface area contributed by atoms with E-state index in [2.05, 4.69) is 107 Å². The van der Waals surface area contributed by atoms with Gasteiger partial charge in [0.25, 0.3) is 6.71 Å². The first kappa shape index (κ1) is 29.0. The van der Waals surface area contributed by atoms with Crippen LogP contribution in [0.25, 0.3) is 21.5 Å². The van der Waals surface area contributed by atoms with Crippen LogP contribution in [0.5, 0.6) is 0 Å². The number of hydrogen-bond donors (Lipinski definition) is 0. The van der Waals surface area contributed by atoms with Gasteiger partial charge in [0.15, 0.2) is 0 Å². The molecule has 0 saturated carbocycles. The lowest BCUT2D eigenvalue weighted by atomic mass is 9.33. The second kappa shape index (κ2) is 10.7. The molecule has 7 aromatic carbocycles. The predicted molar refractivity (Wildman–Crippen MR) is 197 cm³/mol. The first-order valence-corrected chi connectivity index (χ1v) is 16.8. The number of fused-ring (bicyclic) bond motifs is 8. The highest BCUT2D eigenvalue weighted by atomic mass is 32.2. The molecule has 2 aliphatic heterocycles. The van der Waals surface area contributed by atoms with Gasteiger partial charge in [-0.05, 0) is 89.2 Å². The number of alkyl halides is 3. The molecule has 232 valence electrons. The van der Waals surface area contributed by atoms with Crippen molar-refractivity contribution in [3.8, 4) is 0 Å². The molecule has 2 nitrogen and oxygen atoms in total. The summed E-state index contributed by atoms with van der Waals surface area (Å²) in [6.45, 7) is 3.88. The molecule has 0 atom stereocenters. The van der Waals surface area contributed by atoms with Crippen molar-refractivity contribution in [1.82, 2.24) is 0 Å². The number of halogens is 3. The predicted octanol–water partition coefficient (Wildman–Crippen LogP) is 10.3. The third-order valence-corrected chi connectivity index (χ3v) is 10.3. The number of benzene rings is 7. The third kappa shape index (κ3) is 4.52. The van der Waals surface area contributed by atoms with E-state index in [0.29, 0.717) is 0 Å². The average Bonchev–Trinajstić information content (AvgIpc) is 3.08. The van der Waals surface area contributed by atoms with Crippen LogP contribution in [0.2, 0.25) is 0 Å². The number of nitrogens with zero attached hydrogens (tertiary/aromatic N) is 2. The molecule has 7 heteroatoms. The number of thioether (sulfide) groups is 1. The van der Waals surface area contributed by atoms with Gasteiger partial charge in [-0.15, -0.1) is 0 Å². The van der Waals surface area contributed by atoms with Crippen LogP contribution in [-0.2, 0) is 0 Å². The minimum atomic E-state index is -4.46. The van der Waals surface area contributed by atoms with Crippen molar-refractivity contribution >= 4 is 90.5 Å². The van der Waals surface area contributed by atoms with Crippen LogP contribution >= 0.6 is 11.8 Å². The molecule has 0 radical (unpaired) electrons. The van der Waals surface area contributed by atoms with Crippen molar-refractivity contribution in [3.05, 3.63) is 145 Å². The van der Waals surface area contributed by atoms with Gasteiger partial charge in [0.1, 0.15) is 0 Å². The summed E-state index contributed by atoms with van der Waals surface area (Å²) < 4.78 is 42.8. The van der Waals surface area contributed by atoms with E-state index in [1.54, 1.807) is 12.1 Å². The minimum Gasteiger partial charge on any atom is -0.311 e. The SMILES string of the molecule is Cc1ccc(N2c3cc(SC(F)(F)F)cc4c3B(c3ccc5ccccc5c32)c2ccc3ccccc3c2N4c2ccc(C)cc2)cc1. The van der Waals surface area contributed by atoms with E-state index < -0.39 is 5.51 Å². The van der Waals surface area contributed by atoms with Gasteiger partial charge in [-0.2, -0.15) is 13.2 Å². The Morgan fingerprint density at radius 3 is 1.42 bits per heavy atom. The molecule has 0 fully saturated rings. The Labute approximate surface area is 281 Å². The van der Waals surface area contributed by atoms with E-state index in [1.807, 2.05) is 38.1 Å². The average molecular weight is 649 g/mol. The lowest BCUT2D eigenvalue weighted by Crippen LogP contribution is -2.61. The van der Waals surface area contributed by atoms with Crippen LogP contribution in [0.4, 0.5) is 47.3 Å². The van der Waals surface area contributed by atoms with E-state index in [9.17, 15) is 13.2 Å². The van der Waals surface area contributed by atoms with Gasteiger partial charge in [0.2, 0.25) is 0 Å². The van der Waals surface area contributed by atoms with E-state index in [0.717, 1.165) is 83.2 Å². The first-order chi connectivity index (χ1) is 23.2. The summed E-state index contributed by atoms with van der Waals surface area (Å²) in [4.78, 5) is 4.52. The highest BCUT2D eigenvalue weighted by Gasteiger charge is 2.45. The van der Waals surface area contributed by atoms with Gasteiger partial charge in [-0.25, -0.2) is 0 Å². The maximum absolute atomic E-state index is 14.3. The Balaban J connectivity index is 1.46. The largest absolute Gasteiger partial charge is 0.446 e. The van der Waals surface area contributed by atoms with Crippen molar-refractivity contribution in [2.45, 2.75) is 24.3 Å². The van der Waals surface area contributed by atoms with Crippen LogP contribution in [-0.4, -0.2) is 12.2 Å². The third-order valence-electron chi connectivity index (χ3n) is 9.63. The summed E-state index contributed by atoms with van der Waals surface area (Å²) in [6, 6.07) is 45.4. The van der Waals surface area contributed by atoms with Crippen LogP contribution < -0.4 is 26.2 Å². The molecule has 7 aromatic rings. The first-order valence-electron chi connectivity index (χ1n) is 16.0. The van der Waals surface area contributed by atoms with E-state index in [-0.39, 0.29) is 23.4 Å². The molecular weight excluding hydrogens is 620 g/mol. The topological polar surface area (TPSA) is 6.48 Å². The lowest BCUT2D eigenvalue weighted by molar-refractivity contribution is -0.0328. The number of rotatable bonds is 3. The number of anilines is 6. The maximum atomic E-state index is 14.3. The molecule has 2 heterocycles. The van der Waals surface area contributed by atoms with Gasteiger partial charge < -0.3 is 9.80 Å². The molecule has 0 unspecified atom stereocenters. The fourth-order valence-electron chi connectivity index (χ4n) is 7.61. The van der Waals surface area contributed by atoms with Crippen molar-refractivity contribution in [1.29, 1.82) is 0 Å². The van der Waals surface area contributed by atoms with Gasteiger partial charge in [0, 0.05) is 49.8 Å². The quantitative estimate of drug-likeness (QED) is 0.139. The van der Waals surface area contributed by atoms with E-state index >= 15 is 0 Å². The molecule has 9 rings (SSSR count). The van der Waals surface area contributed by atoms with Crippen molar-refractivity contribution in [2.24, 2.45) is 0 Å². The fraction of sp³-hybridized carbons (Fsp3) is 0.0732. The van der Waals surface area contributed by atoms with Crippen LogP contribution in [0.15, 0.2) is 138 Å². The van der Waals surface area contributed by atoms with Crippen molar-refractivity contribution < 1.29 is 13.2 Å². The normalized spacial score (nSPS) is 13.5. The molecule has 48 heavy (non-hydrogen) atoms.